The van der Waals surface area contributed by atoms with Gasteiger partial charge in [0, 0.05) is 18.4 Å². The summed E-state index contributed by atoms with van der Waals surface area (Å²) >= 11 is 0. The Hall–Kier alpha value is -4.07. The normalized spacial score (nSPS) is 10.8. The monoisotopic (exact) mass is 433 g/mol. The number of hydrogen-bond donors (Lipinski definition) is 0. The third-order valence-electron chi connectivity index (χ3n) is 5.08. The number of fused-ring (bicyclic) bond motifs is 1. The van der Waals surface area contributed by atoms with E-state index in [2.05, 4.69) is 10.1 Å². The summed E-state index contributed by atoms with van der Waals surface area (Å²) in [6, 6.07) is 14.5. The van der Waals surface area contributed by atoms with Crippen LogP contribution in [0.5, 0.6) is 11.5 Å². The summed E-state index contributed by atoms with van der Waals surface area (Å²) in [4.78, 5) is 29.6. The first-order valence-corrected chi connectivity index (χ1v) is 9.90. The van der Waals surface area contributed by atoms with Gasteiger partial charge in [0.05, 0.1) is 31.3 Å². The van der Waals surface area contributed by atoms with Crippen molar-refractivity contribution in [1.82, 2.24) is 14.8 Å². The Morgan fingerprint density at radius 3 is 2.47 bits per heavy atom. The summed E-state index contributed by atoms with van der Waals surface area (Å²) in [5.74, 6) is 0.513. The lowest BCUT2D eigenvalue weighted by Crippen LogP contribution is -2.09. The first-order valence-electron chi connectivity index (χ1n) is 9.90. The molecule has 0 radical (unpaired) electrons. The lowest BCUT2D eigenvalue weighted by Gasteiger charge is -2.09. The minimum atomic E-state index is -0.380. The Morgan fingerprint density at radius 2 is 1.69 bits per heavy atom. The number of ether oxygens (including phenoxy) is 2. The van der Waals surface area contributed by atoms with Crippen molar-refractivity contribution in [3.05, 3.63) is 77.9 Å². The molecule has 7 nitrogen and oxygen atoms in total. The average molecular weight is 433 g/mol. The first-order chi connectivity index (χ1) is 15.5. The fraction of sp³-hybridized carbons (Fsp3) is 0.167. The molecule has 0 aliphatic heterocycles. The zero-order valence-electron chi connectivity index (χ0n) is 17.5. The maximum atomic E-state index is 14.0. The summed E-state index contributed by atoms with van der Waals surface area (Å²) in [5, 5.41) is 4.56. The van der Waals surface area contributed by atoms with Crippen LogP contribution < -0.4 is 9.47 Å². The number of hydrogen-bond acceptors (Lipinski definition) is 6. The summed E-state index contributed by atoms with van der Waals surface area (Å²) in [6.07, 6.45) is 1.44. The highest BCUT2D eigenvalue weighted by molar-refractivity contribution is 6.01. The van der Waals surface area contributed by atoms with Gasteiger partial charge in [-0.2, -0.15) is 5.10 Å². The van der Waals surface area contributed by atoms with Crippen LogP contribution in [0, 0.1) is 5.82 Å². The van der Waals surface area contributed by atoms with E-state index in [0.717, 1.165) is 0 Å². The Balaban J connectivity index is 1.50. The molecular weight excluding hydrogens is 413 g/mol. The number of ketones is 2. The highest BCUT2D eigenvalue weighted by atomic mass is 19.1. The van der Waals surface area contributed by atoms with Gasteiger partial charge in [-0.3, -0.25) is 9.59 Å². The summed E-state index contributed by atoms with van der Waals surface area (Å²) in [6.45, 7) is 0. The largest absolute Gasteiger partial charge is 0.493 e. The molecule has 2 heterocycles. The van der Waals surface area contributed by atoms with Crippen LogP contribution in [0.3, 0.4) is 0 Å². The number of rotatable bonds is 8. The van der Waals surface area contributed by atoms with E-state index in [4.69, 9.17) is 9.47 Å². The van der Waals surface area contributed by atoms with Crippen LogP contribution in [0.1, 0.15) is 33.7 Å². The smallest absolute Gasteiger partial charge is 0.181 e. The molecule has 4 rings (SSSR count). The van der Waals surface area contributed by atoms with Gasteiger partial charge in [0.15, 0.2) is 28.9 Å². The second kappa shape index (κ2) is 8.97. The first kappa shape index (κ1) is 21.2. The van der Waals surface area contributed by atoms with E-state index in [9.17, 15) is 14.0 Å². The van der Waals surface area contributed by atoms with E-state index in [1.54, 1.807) is 48.5 Å². The molecule has 0 atom stereocenters. The zero-order valence-corrected chi connectivity index (χ0v) is 17.5. The van der Waals surface area contributed by atoms with Gasteiger partial charge in [-0.05, 0) is 42.5 Å². The maximum absolute atomic E-state index is 14.0. The van der Waals surface area contributed by atoms with Gasteiger partial charge in [0.1, 0.15) is 11.5 Å². The maximum Gasteiger partial charge on any atom is 0.181 e. The van der Waals surface area contributed by atoms with Gasteiger partial charge >= 0.3 is 0 Å². The summed E-state index contributed by atoms with van der Waals surface area (Å²) in [7, 11) is 3.01. The number of aromatic nitrogens is 3. The summed E-state index contributed by atoms with van der Waals surface area (Å²) in [5.41, 5.74) is 1.19. The van der Waals surface area contributed by atoms with Gasteiger partial charge in [0.2, 0.25) is 0 Å². The average Bonchev–Trinajstić information content (AvgIpc) is 3.27. The van der Waals surface area contributed by atoms with E-state index in [-0.39, 0.29) is 35.9 Å². The van der Waals surface area contributed by atoms with Crippen LogP contribution in [0.2, 0.25) is 0 Å². The molecule has 32 heavy (non-hydrogen) atoms. The number of nitrogens with zero attached hydrogens (tertiary/aromatic N) is 3. The van der Waals surface area contributed by atoms with Gasteiger partial charge in [-0.15, -0.1) is 0 Å². The molecule has 0 aliphatic carbocycles. The molecule has 8 heteroatoms. The molecule has 0 amide bonds. The number of Topliss-reactive ketones (excluding diaryl/α,β-unsaturated/α-hetero) is 2. The predicted molar refractivity (Wildman–Crippen MR) is 116 cm³/mol. The second-order valence-corrected chi connectivity index (χ2v) is 7.03. The predicted octanol–water partition coefficient (Wildman–Crippen LogP) is 4.42. The Morgan fingerprint density at radius 1 is 0.938 bits per heavy atom. The van der Waals surface area contributed by atoms with Crippen LogP contribution >= 0.6 is 0 Å². The lowest BCUT2D eigenvalue weighted by atomic mass is 10.0. The molecular formula is C24H20FN3O4. The minimum absolute atomic E-state index is 0.00187. The molecule has 0 saturated carbocycles. The van der Waals surface area contributed by atoms with Crippen molar-refractivity contribution in [2.24, 2.45) is 0 Å². The lowest BCUT2D eigenvalue weighted by molar-refractivity contribution is 0.0915. The SMILES string of the molecule is COc1ccc(C(=O)CCC(=O)c2cccc(-n3ncc4c(F)cccc43)n2)cc1OC. The van der Waals surface area contributed by atoms with Gasteiger partial charge < -0.3 is 9.47 Å². The molecule has 2 aromatic carbocycles. The molecule has 2 aromatic heterocycles. The number of methoxy groups -OCH3 is 2. The van der Waals surface area contributed by atoms with Crippen molar-refractivity contribution in [3.8, 4) is 17.3 Å². The van der Waals surface area contributed by atoms with E-state index >= 15 is 0 Å². The molecule has 0 saturated heterocycles. The fourth-order valence-electron chi connectivity index (χ4n) is 3.40. The third kappa shape index (κ3) is 4.07. The number of benzene rings is 2. The molecule has 0 bridgehead atoms. The molecule has 0 unspecified atom stereocenters. The highest BCUT2D eigenvalue weighted by Crippen LogP contribution is 2.28. The van der Waals surface area contributed by atoms with Crippen LogP contribution in [-0.2, 0) is 0 Å². The Labute approximate surface area is 183 Å². The molecule has 0 spiro atoms. The zero-order chi connectivity index (χ0) is 22.7. The minimum Gasteiger partial charge on any atom is -0.493 e. The van der Waals surface area contributed by atoms with E-state index < -0.39 is 0 Å². The molecule has 0 aliphatic rings. The molecule has 4 aromatic rings. The van der Waals surface area contributed by atoms with Crippen LogP contribution in [0.25, 0.3) is 16.7 Å². The number of carbonyl (C=O) groups excluding carboxylic acids is 2. The fourth-order valence-corrected chi connectivity index (χ4v) is 3.40. The van der Waals surface area contributed by atoms with Gasteiger partial charge in [-0.1, -0.05) is 12.1 Å². The van der Waals surface area contributed by atoms with E-state index in [1.807, 2.05) is 0 Å². The topological polar surface area (TPSA) is 83.3 Å². The molecule has 0 N–H and O–H groups in total. The van der Waals surface area contributed by atoms with E-state index in [0.29, 0.717) is 33.8 Å². The highest BCUT2D eigenvalue weighted by Gasteiger charge is 2.16. The van der Waals surface area contributed by atoms with Crippen molar-refractivity contribution >= 4 is 22.5 Å². The Bertz CT molecular complexity index is 1320. The van der Waals surface area contributed by atoms with Crippen molar-refractivity contribution in [1.29, 1.82) is 0 Å². The van der Waals surface area contributed by atoms with E-state index in [1.165, 1.54) is 31.2 Å². The molecule has 0 fully saturated rings. The number of carbonyl (C=O) groups is 2. The van der Waals surface area contributed by atoms with Crippen molar-refractivity contribution in [2.75, 3.05) is 14.2 Å². The van der Waals surface area contributed by atoms with Crippen molar-refractivity contribution < 1.29 is 23.5 Å². The second-order valence-electron chi connectivity index (χ2n) is 7.03. The van der Waals surface area contributed by atoms with Gasteiger partial charge in [0.25, 0.3) is 0 Å². The van der Waals surface area contributed by atoms with Crippen molar-refractivity contribution in [3.63, 3.8) is 0 Å². The van der Waals surface area contributed by atoms with Crippen LogP contribution in [0.4, 0.5) is 4.39 Å². The van der Waals surface area contributed by atoms with Crippen LogP contribution in [-0.4, -0.2) is 40.6 Å². The van der Waals surface area contributed by atoms with Crippen LogP contribution in [0.15, 0.2) is 60.8 Å². The third-order valence-corrected chi connectivity index (χ3v) is 5.08. The van der Waals surface area contributed by atoms with Gasteiger partial charge in [-0.25, -0.2) is 14.1 Å². The number of pyridine rings is 1. The standard InChI is InChI=1S/C24H20FN3O4/c1-31-22-12-9-15(13-23(22)32-2)20(29)10-11-21(30)18-6-4-8-24(27-18)28-19-7-3-5-17(25)16(19)14-26-28/h3-9,12-14H,10-11H2,1-2H3. The molecule has 162 valence electrons. The Kier molecular flexibility index (Phi) is 5.93. The number of halogens is 1. The quantitative estimate of drug-likeness (QED) is 0.383. The van der Waals surface area contributed by atoms with Crippen molar-refractivity contribution in [2.45, 2.75) is 12.8 Å². The summed E-state index contributed by atoms with van der Waals surface area (Å²) < 4.78 is 25.8.